The number of likely N-dealkylation sites (tertiary alicyclic amines) is 1. The monoisotopic (exact) mass is 539 g/mol. The summed E-state index contributed by atoms with van der Waals surface area (Å²) in [6, 6.07) is 13.9. The average Bonchev–Trinajstić information content (AvgIpc) is 3.59. The number of carbonyl (C=O) groups excluding carboxylic acids is 3. The molecule has 2 aliphatic rings. The van der Waals surface area contributed by atoms with Crippen LogP contribution in [0.2, 0.25) is 0 Å². The summed E-state index contributed by atoms with van der Waals surface area (Å²) in [4.78, 5) is 48.2. The van der Waals surface area contributed by atoms with E-state index in [0.717, 1.165) is 22.4 Å². The molecule has 6 rings (SSSR count). The van der Waals surface area contributed by atoms with Crippen molar-refractivity contribution in [3.63, 3.8) is 0 Å². The topological polar surface area (TPSA) is 145 Å². The molecule has 0 radical (unpaired) electrons. The summed E-state index contributed by atoms with van der Waals surface area (Å²) in [6.45, 7) is 2.84. The standard InChI is InChI=1S/C29H29N7O4/c1-17(37)25-26(19-9-11-35(12-10-19)24(38)13-21-15-32-29(39)40-21)34-28-22(16-33-36(28)27(25)30)20-7-8-23(31-14-20)18-5-3-2-4-6-18/h2-8,14,16,19,21H,9-13,15,30H2,1H3,(H,32,39). The highest BCUT2D eigenvalue weighted by atomic mass is 16.6. The largest absolute Gasteiger partial charge is 0.444 e. The Kier molecular flexibility index (Phi) is 6.63. The van der Waals surface area contributed by atoms with Crippen LogP contribution in [0.3, 0.4) is 0 Å². The number of nitrogen functional groups attached to an aromatic ring is 1. The summed E-state index contributed by atoms with van der Waals surface area (Å²) >= 11 is 0. The van der Waals surface area contributed by atoms with Crippen LogP contribution < -0.4 is 11.1 Å². The highest BCUT2D eigenvalue weighted by molar-refractivity contribution is 6.00. The lowest BCUT2D eigenvalue weighted by Crippen LogP contribution is -2.40. The fourth-order valence-corrected chi connectivity index (χ4v) is 5.50. The predicted molar refractivity (Wildman–Crippen MR) is 148 cm³/mol. The highest BCUT2D eigenvalue weighted by Crippen LogP contribution is 2.35. The number of piperidine rings is 1. The number of nitrogens with one attached hydrogen (secondary N) is 1. The molecule has 204 valence electrons. The summed E-state index contributed by atoms with van der Waals surface area (Å²) < 4.78 is 6.62. The van der Waals surface area contributed by atoms with Gasteiger partial charge in [-0.1, -0.05) is 36.4 Å². The lowest BCUT2D eigenvalue weighted by atomic mass is 9.89. The van der Waals surface area contributed by atoms with Crippen LogP contribution in [0.1, 0.15) is 48.2 Å². The molecule has 0 saturated carbocycles. The molecule has 11 heteroatoms. The number of carbonyl (C=O) groups is 3. The van der Waals surface area contributed by atoms with Crippen LogP contribution in [0.15, 0.2) is 54.9 Å². The zero-order chi connectivity index (χ0) is 27.8. The van der Waals surface area contributed by atoms with Crippen molar-refractivity contribution in [2.45, 2.75) is 38.2 Å². The molecule has 1 aromatic carbocycles. The van der Waals surface area contributed by atoms with E-state index >= 15 is 0 Å². The van der Waals surface area contributed by atoms with Gasteiger partial charge in [0.25, 0.3) is 0 Å². The molecule has 2 saturated heterocycles. The van der Waals surface area contributed by atoms with Gasteiger partial charge in [-0.25, -0.2) is 9.78 Å². The number of ether oxygens (including phenoxy) is 1. The quantitative estimate of drug-likeness (QED) is 0.355. The SMILES string of the molecule is CC(=O)c1c(C2CCN(C(=O)CC3CNC(=O)O3)CC2)nc2c(-c3ccc(-c4ccccc4)nc3)cnn2c1N. The van der Waals surface area contributed by atoms with Crippen LogP contribution in [0.5, 0.6) is 0 Å². The Bertz CT molecular complexity index is 1590. The highest BCUT2D eigenvalue weighted by Gasteiger charge is 2.32. The number of amides is 2. The molecule has 1 unspecified atom stereocenters. The number of benzene rings is 1. The van der Waals surface area contributed by atoms with E-state index in [1.165, 1.54) is 11.4 Å². The van der Waals surface area contributed by atoms with Crippen LogP contribution in [0, 0.1) is 0 Å². The van der Waals surface area contributed by atoms with E-state index in [2.05, 4.69) is 15.4 Å². The third kappa shape index (κ3) is 4.74. The predicted octanol–water partition coefficient (Wildman–Crippen LogP) is 3.45. The first-order valence-corrected chi connectivity index (χ1v) is 13.3. The lowest BCUT2D eigenvalue weighted by Gasteiger charge is -2.33. The minimum absolute atomic E-state index is 0.0532. The molecule has 0 spiro atoms. The van der Waals surface area contributed by atoms with Gasteiger partial charge in [-0.05, 0) is 25.8 Å². The maximum absolute atomic E-state index is 12.8. The van der Waals surface area contributed by atoms with Crippen LogP contribution in [0.4, 0.5) is 10.6 Å². The van der Waals surface area contributed by atoms with Gasteiger partial charge in [0.15, 0.2) is 11.4 Å². The first-order valence-electron chi connectivity index (χ1n) is 13.3. The number of Topliss-reactive ketones (excluding diaryl/α,β-unsaturated/α-hetero) is 1. The number of nitrogens with zero attached hydrogens (tertiary/aromatic N) is 5. The minimum atomic E-state index is -0.491. The van der Waals surface area contributed by atoms with Gasteiger partial charge in [0.1, 0.15) is 11.9 Å². The molecule has 2 aliphatic heterocycles. The fourth-order valence-electron chi connectivity index (χ4n) is 5.50. The third-order valence-corrected chi connectivity index (χ3v) is 7.59. The molecule has 4 aromatic rings. The van der Waals surface area contributed by atoms with Crippen LogP contribution in [0.25, 0.3) is 28.0 Å². The van der Waals surface area contributed by atoms with Crippen molar-refractivity contribution < 1.29 is 19.1 Å². The first kappa shape index (κ1) is 25.5. The number of anilines is 1. The lowest BCUT2D eigenvalue weighted by molar-refractivity contribution is -0.133. The summed E-state index contributed by atoms with van der Waals surface area (Å²) in [5.41, 5.74) is 11.6. The second-order valence-corrected chi connectivity index (χ2v) is 10.2. The zero-order valence-corrected chi connectivity index (χ0v) is 22.0. The van der Waals surface area contributed by atoms with Gasteiger partial charge in [-0.3, -0.25) is 14.6 Å². The number of aromatic nitrogens is 4. The number of alkyl carbamates (subject to hydrolysis) is 1. The molecule has 0 bridgehead atoms. The maximum atomic E-state index is 12.8. The van der Waals surface area contributed by atoms with Gasteiger partial charge >= 0.3 is 6.09 Å². The molecule has 0 aliphatic carbocycles. The van der Waals surface area contributed by atoms with E-state index in [4.69, 9.17) is 15.5 Å². The Labute approximate surface area is 230 Å². The maximum Gasteiger partial charge on any atom is 0.407 e. The van der Waals surface area contributed by atoms with Crippen LogP contribution in [-0.4, -0.2) is 68.0 Å². The van der Waals surface area contributed by atoms with Gasteiger partial charge < -0.3 is 20.7 Å². The summed E-state index contributed by atoms with van der Waals surface area (Å²) in [5.74, 6) is -0.0368. The molecule has 2 amide bonds. The van der Waals surface area contributed by atoms with E-state index < -0.39 is 12.2 Å². The first-order chi connectivity index (χ1) is 19.4. The van der Waals surface area contributed by atoms with Crippen molar-refractivity contribution in [1.29, 1.82) is 0 Å². The molecule has 40 heavy (non-hydrogen) atoms. The second-order valence-electron chi connectivity index (χ2n) is 10.2. The Balaban J connectivity index is 1.27. The number of ketones is 1. The van der Waals surface area contributed by atoms with Crippen molar-refractivity contribution in [2.75, 3.05) is 25.4 Å². The molecule has 5 heterocycles. The molecule has 11 nitrogen and oxygen atoms in total. The van der Waals surface area contributed by atoms with Gasteiger partial charge in [0.2, 0.25) is 5.91 Å². The average molecular weight is 540 g/mol. The number of fused-ring (bicyclic) bond motifs is 1. The summed E-state index contributed by atoms with van der Waals surface area (Å²) in [5, 5.41) is 7.02. The van der Waals surface area contributed by atoms with Crippen molar-refractivity contribution in [2.24, 2.45) is 0 Å². The fraction of sp³-hybridized carbons (Fsp3) is 0.310. The van der Waals surface area contributed by atoms with Crippen molar-refractivity contribution >= 4 is 29.2 Å². The molecule has 3 aromatic heterocycles. The van der Waals surface area contributed by atoms with Crippen molar-refractivity contribution in [3.8, 4) is 22.4 Å². The number of hydrogen-bond donors (Lipinski definition) is 2. The molecular formula is C29H29N7O4. The van der Waals surface area contributed by atoms with Gasteiger partial charge in [0, 0.05) is 41.9 Å². The molecule has 2 fully saturated rings. The van der Waals surface area contributed by atoms with Gasteiger partial charge in [0.05, 0.1) is 36.1 Å². The molecule has 1 atom stereocenters. The van der Waals surface area contributed by atoms with Crippen LogP contribution in [-0.2, 0) is 9.53 Å². The Morgan fingerprint density at radius 3 is 2.50 bits per heavy atom. The van der Waals surface area contributed by atoms with E-state index in [1.54, 1.807) is 17.3 Å². The minimum Gasteiger partial charge on any atom is -0.444 e. The molecule has 3 N–H and O–H groups in total. The second kappa shape index (κ2) is 10.4. The van der Waals surface area contributed by atoms with Crippen molar-refractivity contribution in [3.05, 3.63) is 66.1 Å². The smallest absolute Gasteiger partial charge is 0.407 e. The Hall–Kier alpha value is -4.80. The number of rotatable bonds is 6. The van der Waals surface area contributed by atoms with E-state index in [1.807, 2.05) is 42.5 Å². The van der Waals surface area contributed by atoms with E-state index in [9.17, 15) is 14.4 Å². The van der Waals surface area contributed by atoms with Gasteiger partial charge in [-0.2, -0.15) is 9.61 Å². The number of cyclic esters (lactones) is 1. The number of pyridine rings is 1. The van der Waals surface area contributed by atoms with Gasteiger partial charge in [-0.15, -0.1) is 0 Å². The summed E-state index contributed by atoms with van der Waals surface area (Å²) in [6.07, 6.45) is 3.96. The van der Waals surface area contributed by atoms with Crippen LogP contribution >= 0.6 is 0 Å². The zero-order valence-electron chi connectivity index (χ0n) is 22.0. The van der Waals surface area contributed by atoms with E-state index in [0.29, 0.717) is 49.4 Å². The third-order valence-electron chi connectivity index (χ3n) is 7.59. The normalized spacial score (nSPS) is 17.6. The number of nitrogens with two attached hydrogens (primary N) is 1. The summed E-state index contributed by atoms with van der Waals surface area (Å²) in [7, 11) is 0. The Morgan fingerprint density at radius 2 is 1.85 bits per heavy atom. The van der Waals surface area contributed by atoms with Crippen molar-refractivity contribution in [1.82, 2.24) is 29.8 Å². The molecular weight excluding hydrogens is 510 g/mol. The van der Waals surface area contributed by atoms with E-state index in [-0.39, 0.29) is 29.8 Å². The number of hydrogen-bond acceptors (Lipinski definition) is 8. The Morgan fingerprint density at radius 1 is 1.07 bits per heavy atom.